The van der Waals surface area contributed by atoms with E-state index in [0.29, 0.717) is 6.54 Å². The van der Waals surface area contributed by atoms with Gasteiger partial charge in [0.15, 0.2) is 0 Å². The van der Waals surface area contributed by atoms with Crippen LogP contribution in [0.1, 0.15) is 17.2 Å². The lowest BCUT2D eigenvalue weighted by molar-refractivity contribution is -0.122. The number of rotatable bonds is 3. The van der Waals surface area contributed by atoms with Gasteiger partial charge in [0.25, 0.3) is 0 Å². The normalized spacial score (nSPS) is 17.4. The van der Waals surface area contributed by atoms with Crippen LogP contribution in [0.2, 0.25) is 0 Å². The van der Waals surface area contributed by atoms with Crippen molar-refractivity contribution in [3.8, 4) is 0 Å². The van der Waals surface area contributed by atoms with E-state index >= 15 is 0 Å². The average molecular weight is 259 g/mol. The Morgan fingerprint density at radius 3 is 3.17 bits per heavy atom. The molecule has 1 aromatic carbocycles. The molecule has 0 aliphatic carbocycles. The van der Waals surface area contributed by atoms with Crippen LogP contribution in [0, 0.1) is 0 Å². The van der Waals surface area contributed by atoms with Gasteiger partial charge >= 0.3 is 0 Å². The van der Waals surface area contributed by atoms with E-state index < -0.39 is 0 Å². The second kappa shape index (κ2) is 4.86. The summed E-state index contributed by atoms with van der Waals surface area (Å²) in [6.07, 6.45) is 1.68. The maximum atomic E-state index is 12.1. The number of carbonyl (C=O) groups is 1. The molecular weight excluding hydrogens is 246 g/mol. The van der Waals surface area contributed by atoms with Gasteiger partial charge in [0.2, 0.25) is 5.91 Å². The Hall–Kier alpha value is -1.75. The minimum atomic E-state index is -0.0332. The fourth-order valence-corrected chi connectivity index (χ4v) is 3.30. The highest BCUT2D eigenvalue weighted by Gasteiger charge is 2.28. The molecule has 1 aliphatic heterocycles. The quantitative estimate of drug-likeness (QED) is 0.885. The Bertz CT molecular complexity index is 553. The second-order valence-electron chi connectivity index (χ2n) is 4.20. The van der Waals surface area contributed by atoms with Crippen LogP contribution in [0.3, 0.4) is 0 Å². The van der Waals surface area contributed by atoms with Crippen molar-refractivity contribution in [1.82, 2.24) is 15.5 Å². The van der Waals surface area contributed by atoms with E-state index in [1.807, 2.05) is 24.3 Å². The molecule has 92 valence electrons. The van der Waals surface area contributed by atoms with Gasteiger partial charge in [0.1, 0.15) is 0 Å². The fourth-order valence-electron chi connectivity index (χ4n) is 2.07. The summed E-state index contributed by atoms with van der Waals surface area (Å²) in [6, 6.07) is 9.96. The Morgan fingerprint density at radius 2 is 2.33 bits per heavy atom. The first kappa shape index (κ1) is 11.3. The first-order valence-electron chi connectivity index (χ1n) is 5.82. The maximum Gasteiger partial charge on any atom is 0.228 e. The number of nitrogens with one attached hydrogen (secondary N) is 2. The molecule has 0 spiro atoms. The molecule has 2 heterocycles. The summed E-state index contributed by atoms with van der Waals surface area (Å²) in [5.74, 6) is 0.880. The number of aromatic nitrogens is 2. The number of aromatic amines is 1. The van der Waals surface area contributed by atoms with Crippen molar-refractivity contribution in [3.63, 3.8) is 0 Å². The molecule has 1 unspecified atom stereocenters. The predicted molar refractivity (Wildman–Crippen MR) is 70.3 cm³/mol. The summed E-state index contributed by atoms with van der Waals surface area (Å²) in [6.45, 7) is 0.502. The number of hydrogen-bond donors (Lipinski definition) is 2. The van der Waals surface area contributed by atoms with Gasteiger partial charge in [-0.2, -0.15) is 5.10 Å². The summed E-state index contributed by atoms with van der Waals surface area (Å²) in [4.78, 5) is 13.4. The average Bonchev–Trinajstić information content (AvgIpc) is 3.05. The zero-order valence-electron chi connectivity index (χ0n) is 9.72. The van der Waals surface area contributed by atoms with E-state index in [1.54, 1.807) is 18.0 Å². The SMILES string of the molecule is O=C(NCc1ccn[nH]1)C1CSc2ccccc21. The Labute approximate surface area is 109 Å². The summed E-state index contributed by atoms with van der Waals surface area (Å²) in [5.41, 5.74) is 2.06. The number of benzene rings is 1. The lowest BCUT2D eigenvalue weighted by Crippen LogP contribution is -2.29. The third-order valence-electron chi connectivity index (χ3n) is 3.03. The van der Waals surface area contributed by atoms with Crippen LogP contribution in [0.4, 0.5) is 0 Å². The molecule has 2 N–H and O–H groups in total. The Morgan fingerprint density at radius 1 is 1.44 bits per heavy atom. The zero-order valence-corrected chi connectivity index (χ0v) is 10.5. The molecule has 0 bridgehead atoms. The molecular formula is C13H13N3OS. The lowest BCUT2D eigenvalue weighted by atomic mass is 10.0. The van der Waals surface area contributed by atoms with Crippen molar-refractivity contribution >= 4 is 17.7 Å². The summed E-state index contributed by atoms with van der Waals surface area (Å²) in [7, 11) is 0. The van der Waals surface area contributed by atoms with Crippen LogP contribution in [0.15, 0.2) is 41.4 Å². The van der Waals surface area contributed by atoms with Gasteiger partial charge in [0.05, 0.1) is 18.2 Å². The van der Waals surface area contributed by atoms with Crippen LogP contribution < -0.4 is 5.32 Å². The number of fused-ring (bicyclic) bond motifs is 1. The van der Waals surface area contributed by atoms with Crippen LogP contribution in [-0.2, 0) is 11.3 Å². The molecule has 3 rings (SSSR count). The third kappa shape index (κ3) is 2.13. The minimum Gasteiger partial charge on any atom is -0.350 e. The molecule has 0 radical (unpaired) electrons. The number of carbonyl (C=O) groups excluding carboxylic acids is 1. The Kier molecular flexibility index (Phi) is 3.06. The molecule has 1 aromatic heterocycles. The van der Waals surface area contributed by atoms with E-state index in [1.165, 1.54) is 4.90 Å². The topological polar surface area (TPSA) is 57.8 Å². The van der Waals surface area contributed by atoms with E-state index in [-0.39, 0.29) is 11.8 Å². The molecule has 4 nitrogen and oxygen atoms in total. The van der Waals surface area contributed by atoms with Crippen molar-refractivity contribution in [1.29, 1.82) is 0 Å². The monoisotopic (exact) mass is 259 g/mol. The highest BCUT2D eigenvalue weighted by atomic mass is 32.2. The van der Waals surface area contributed by atoms with Crippen LogP contribution in [0.25, 0.3) is 0 Å². The molecule has 0 fully saturated rings. The highest BCUT2D eigenvalue weighted by Crippen LogP contribution is 2.39. The van der Waals surface area contributed by atoms with Gasteiger partial charge in [0, 0.05) is 16.8 Å². The number of H-pyrrole nitrogens is 1. The van der Waals surface area contributed by atoms with Gasteiger partial charge < -0.3 is 5.32 Å². The molecule has 1 amide bonds. The zero-order chi connectivity index (χ0) is 12.4. The highest BCUT2D eigenvalue weighted by molar-refractivity contribution is 7.99. The van der Waals surface area contributed by atoms with Gasteiger partial charge in [-0.05, 0) is 17.7 Å². The fraction of sp³-hybridized carbons (Fsp3) is 0.231. The standard InChI is InChI=1S/C13H13N3OS/c17-13(14-7-9-5-6-15-16-9)11-8-18-12-4-2-1-3-10(11)12/h1-6,11H,7-8H2,(H,14,17)(H,15,16). The number of nitrogens with zero attached hydrogens (tertiary/aromatic N) is 1. The first-order valence-corrected chi connectivity index (χ1v) is 6.81. The van der Waals surface area contributed by atoms with Crippen LogP contribution in [0.5, 0.6) is 0 Å². The molecule has 18 heavy (non-hydrogen) atoms. The predicted octanol–water partition coefficient (Wildman–Crippen LogP) is 1.92. The minimum absolute atomic E-state index is 0.0332. The van der Waals surface area contributed by atoms with Gasteiger partial charge in [-0.25, -0.2) is 0 Å². The van der Waals surface area contributed by atoms with Crippen LogP contribution in [-0.4, -0.2) is 21.9 Å². The largest absolute Gasteiger partial charge is 0.350 e. The number of thioether (sulfide) groups is 1. The van der Waals surface area contributed by atoms with Crippen LogP contribution >= 0.6 is 11.8 Å². The maximum absolute atomic E-state index is 12.1. The molecule has 1 aliphatic rings. The number of amides is 1. The Balaban J connectivity index is 1.67. The van der Waals surface area contributed by atoms with Crippen molar-refractivity contribution in [2.24, 2.45) is 0 Å². The van der Waals surface area contributed by atoms with Crippen molar-refractivity contribution in [3.05, 3.63) is 47.8 Å². The molecule has 1 atom stereocenters. The molecule has 5 heteroatoms. The first-order chi connectivity index (χ1) is 8.84. The molecule has 2 aromatic rings. The molecule has 0 saturated carbocycles. The summed E-state index contributed by atoms with van der Waals surface area (Å²) < 4.78 is 0. The molecule has 0 saturated heterocycles. The van der Waals surface area contributed by atoms with Gasteiger partial charge in [-0.1, -0.05) is 18.2 Å². The van der Waals surface area contributed by atoms with E-state index in [2.05, 4.69) is 21.6 Å². The van der Waals surface area contributed by atoms with Gasteiger partial charge in [-0.3, -0.25) is 9.89 Å². The number of hydrogen-bond acceptors (Lipinski definition) is 3. The second-order valence-corrected chi connectivity index (χ2v) is 5.26. The van der Waals surface area contributed by atoms with E-state index in [9.17, 15) is 4.79 Å². The summed E-state index contributed by atoms with van der Waals surface area (Å²) in [5, 5.41) is 9.63. The lowest BCUT2D eigenvalue weighted by Gasteiger charge is -2.10. The van der Waals surface area contributed by atoms with Gasteiger partial charge in [-0.15, -0.1) is 11.8 Å². The smallest absolute Gasteiger partial charge is 0.228 e. The van der Waals surface area contributed by atoms with Crippen molar-refractivity contribution < 1.29 is 4.79 Å². The third-order valence-corrected chi connectivity index (χ3v) is 4.21. The van der Waals surface area contributed by atoms with E-state index in [0.717, 1.165) is 17.0 Å². The van der Waals surface area contributed by atoms with Crippen molar-refractivity contribution in [2.75, 3.05) is 5.75 Å². The van der Waals surface area contributed by atoms with Crippen molar-refractivity contribution in [2.45, 2.75) is 17.4 Å². The van der Waals surface area contributed by atoms with E-state index in [4.69, 9.17) is 0 Å². The summed E-state index contributed by atoms with van der Waals surface area (Å²) >= 11 is 1.75.